The lowest BCUT2D eigenvalue weighted by Gasteiger charge is -2.23. The third-order valence-corrected chi connectivity index (χ3v) is 9.27. The predicted octanol–water partition coefficient (Wildman–Crippen LogP) is 5.83. The highest BCUT2D eigenvalue weighted by Crippen LogP contribution is 2.37. The summed E-state index contributed by atoms with van der Waals surface area (Å²) < 4.78 is 12.2. The first-order valence-electron chi connectivity index (χ1n) is 13.4. The summed E-state index contributed by atoms with van der Waals surface area (Å²) in [6, 6.07) is 10.6. The number of ether oxygens (including phenoxy) is 2. The van der Waals surface area contributed by atoms with Crippen molar-refractivity contribution in [3.05, 3.63) is 79.8 Å². The molecule has 0 bridgehead atoms. The van der Waals surface area contributed by atoms with Crippen LogP contribution in [0, 0.1) is 0 Å². The maximum Gasteiger partial charge on any atom is 0.305 e. The summed E-state index contributed by atoms with van der Waals surface area (Å²) in [5.74, 6) is -0.735. The molecule has 1 N–H and O–H groups in total. The van der Waals surface area contributed by atoms with Gasteiger partial charge in [0.25, 0.3) is 5.91 Å². The number of methoxy groups -OCH3 is 2. The number of esters is 1. The molecule has 2 atom stereocenters. The van der Waals surface area contributed by atoms with Crippen molar-refractivity contribution in [3.63, 3.8) is 0 Å². The van der Waals surface area contributed by atoms with Crippen molar-refractivity contribution in [1.29, 1.82) is 0 Å². The van der Waals surface area contributed by atoms with Crippen LogP contribution in [0.2, 0.25) is 10.0 Å². The van der Waals surface area contributed by atoms with Gasteiger partial charge in [0.15, 0.2) is 0 Å². The van der Waals surface area contributed by atoms with Gasteiger partial charge >= 0.3 is 5.97 Å². The van der Waals surface area contributed by atoms with Gasteiger partial charge in [-0.1, -0.05) is 41.4 Å². The second-order valence-corrected chi connectivity index (χ2v) is 12.1. The van der Waals surface area contributed by atoms with Gasteiger partial charge in [0.1, 0.15) is 5.01 Å². The van der Waals surface area contributed by atoms with Crippen LogP contribution in [-0.4, -0.2) is 59.1 Å². The van der Waals surface area contributed by atoms with E-state index in [-0.39, 0.29) is 47.8 Å². The summed E-state index contributed by atoms with van der Waals surface area (Å²) in [4.78, 5) is 45.5. The lowest BCUT2D eigenvalue weighted by Crippen LogP contribution is -2.33. The van der Waals surface area contributed by atoms with Crippen LogP contribution in [0.15, 0.2) is 48.8 Å². The third-order valence-electron chi connectivity index (χ3n) is 7.44. The Morgan fingerprint density at radius 2 is 1.93 bits per heavy atom. The van der Waals surface area contributed by atoms with Crippen molar-refractivity contribution in [2.75, 3.05) is 26.1 Å². The van der Waals surface area contributed by atoms with Gasteiger partial charge in [0, 0.05) is 60.3 Å². The SMILES string of the molecule is COC(=O)CCc1cnc([C@@H]2C[C@@H](OC)CN2C(=O)Cc2cc(Cl)c(NC(=O)c3cn(C)c4ccccc34)cc2Cl)s1. The molecule has 0 unspecified atom stereocenters. The molecule has 1 fully saturated rings. The van der Waals surface area contributed by atoms with Gasteiger partial charge in [-0.05, 0) is 30.2 Å². The monoisotopic (exact) mass is 628 g/mol. The molecular formula is C30H30Cl2N4O5S. The van der Waals surface area contributed by atoms with Crippen LogP contribution in [0.5, 0.6) is 0 Å². The number of hydrogen-bond acceptors (Lipinski definition) is 7. The minimum atomic E-state index is -0.312. The summed E-state index contributed by atoms with van der Waals surface area (Å²) >= 11 is 14.7. The second kappa shape index (κ2) is 12.8. The Labute approximate surface area is 257 Å². The molecule has 0 aliphatic carbocycles. The molecule has 4 aromatic rings. The zero-order valence-electron chi connectivity index (χ0n) is 23.4. The summed E-state index contributed by atoms with van der Waals surface area (Å²) in [6.45, 7) is 0.418. The average Bonchev–Trinajstić information content (AvgIpc) is 3.71. The standard InChI is InChI=1S/C30H30Cl2N4O5S/c1-35-16-21(20-6-4-5-7-25(20)35)29(39)34-24-13-22(31)17(10-23(24)32)11-27(37)36-15-18(40-2)12-26(36)30-33-14-19(42-30)8-9-28(38)41-3/h4-7,10,13-14,16,18,26H,8-9,11-12,15H2,1-3H3,(H,34,39)/t18-,26+/m1/s1. The van der Waals surface area contributed by atoms with Gasteiger partial charge in [0.05, 0.1) is 48.4 Å². The molecule has 0 saturated carbocycles. The first-order chi connectivity index (χ1) is 20.2. The van der Waals surface area contributed by atoms with Gasteiger partial charge in [-0.25, -0.2) is 4.98 Å². The number of thiazole rings is 1. The number of likely N-dealkylation sites (tertiary alicyclic amines) is 1. The van der Waals surface area contributed by atoms with E-state index in [4.69, 9.17) is 32.7 Å². The van der Waals surface area contributed by atoms with Gasteiger partial charge in [-0.2, -0.15) is 0 Å². The van der Waals surface area contributed by atoms with E-state index >= 15 is 0 Å². The number of aromatic nitrogens is 2. The van der Waals surface area contributed by atoms with E-state index < -0.39 is 0 Å². The molecule has 1 aliphatic heterocycles. The average molecular weight is 630 g/mol. The van der Waals surface area contributed by atoms with E-state index in [1.807, 2.05) is 35.9 Å². The summed E-state index contributed by atoms with van der Waals surface area (Å²) in [5.41, 5.74) is 2.36. The molecule has 220 valence electrons. The van der Waals surface area contributed by atoms with Crippen molar-refractivity contribution < 1.29 is 23.9 Å². The maximum absolute atomic E-state index is 13.6. The number of fused-ring (bicyclic) bond motifs is 1. The molecule has 2 aromatic carbocycles. The van der Waals surface area contributed by atoms with E-state index in [1.54, 1.807) is 36.5 Å². The zero-order valence-corrected chi connectivity index (χ0v) is 25.7. The van der Waals surface area contributed by atoms with Crippen molar-refractivity contribution in [2.45, 2.75) is 37.8 Å². The molecule has 0 spiro atoms. The number of rotatable bonds is 9. The molecule has 2 aromatic heterocycles. The highest BCUT2D eigenvalue weighted by Gasteiger charge is 2.38. The molecule has 0 radical (unpaired) electrons. The molecule has 1 aliphatic rings. The molecule has 9 nitrogen and oxygen atoms in total. The fourth-order valence-electron chi connectivity index (χ4n) is 5.19. The number of benzene rings is 2. The van der Waals surface area contributed by atoms with Crippen molar-refractivity contribution in [3.8, 4) is 0 Å². The molecule has 3 heterocycles. The first kappa shape index (κ1) is 30.0. The predicted molar refractivity (Wildman–Crippen MR) is 163 cm³/mol. The number of carbonyl (C=O) groups excluding carboxylic acids is 3. The summed E-state index contributed by atoms with van der Waals surface area (Å²) in [5, 5.41) is 5.07. The second-order valence-electron chi connectivity index (χ2n) is 10.1. The number of amides is 2. The van der Waals surface area contributed by atoms with Crippen LogP contribution >= 0.6 is 34.5 Å². The zero-order chi connectivity index (χ0) is 30.0. The molecule has 1 saturated heterocycles. The Hall–Kier alpha value is -3.44. The Kier molecular flexibility index (Phi) is 9.17. The Morgan fingerprint density at radius 3 is 2.69 bits per heavy atom. The Morgan fingerprint density at radius 1 is 1.14 bits per heavy atom. The van der Waals surface area contributed by atoms with Gasteiger partial charge in [0.2, 0.25) is 5.91 Å². The molecule has 5 rings (SSSR count). The normalized spacial score (nSPS) is 16.6. The lowest BCUT2D eigenvalue weighted by molar-refractivity contribution is -0.140. The highest BCUT2D eigenvalue weighted by molar-refractivity contribution is 7.11. The largest absolute Gasteiger partial charge is 0.469 e. The Balaban J connectivity index is 1.30. The smallest absolute Gasteiger partial charge is 0.305 e. The van der Waals surface area contributed by atoms with Gasteiger partial charge in [-0.3, -0.25) is 14.4 Å². The van der Waals surface area contributed by atoms with Crippen LogP contribution in [0.1, 0.15) is 44.7 Å². The van der Waals surface area contributed by atoms with Crippen molar-refractivity contribution in [2.24, 2.45) is 7.05 Å². The number of anilines is 1. The first-order valence-corrected chi connectivity index (χ1v) is 14.9. The highest BCUT2D eigenvalue weighted by atomic mass is 35.5. The quantitative estimate of drug-likeness (QED) is 0.234. The van der Waals surface area contributed by atoms with E-state index in [1.165, 1.54) is 18.4 Å². The van der Waals surface area contributed by atoms with Crippen LogP contribution in [0.25, 0.3) is 10.9 Å². The minimum Gasteiger partial charge on any atom is -0.469 e. The molecule has 12 heteroatoms. The van der Waals surface area contributed by atoms with Crippen LogP contribution in [-0.2, 0) is 39.0 Å². The minimum absolute atomic E-state index is 0.0175. The van der Waals surface area contributed by atoms with E-state index in [2.05, 4.69) is 10.3 Å². The van der Waals surface area contributed by atoms with Gasteiger partial charge < -0.3 is 24.3 Å². The van der Waals surface area contributed by atoms with Crippen LogP contribution in [0.4, 0.5) is 5.69 Å². The number of halogens is 2. The Bertz CT molecular complexity index is 1650. The lowest BCUT2D eigenvalue weighted by atomic mass is 10.1. The van der Waals surface area contributed by atoms with E-state index in [0.717, 1.165) is 20.8 Å². The van der Waals surface area contributed by atoms with Crippen molar-refractivity contribution >= 4 is 68.9 Å². The molecule has 42 heavy (non-hydrogen) atoms. The number of nitrogens with one attached hydrogen (secondary N) is 1. The number of aryl methyl sites for hydroxylation is 2. The number of nitrogens with zero attached hydrogens (tertiary/aromatic N) is 3. The maximum atomic E-state index is 13.6. The van der Waals surface area contributed by atoms with E-state index in [9.17, 15) is 14.4 Å². The van der Waals surface area contributed by atoms with Crippen LogP contribution in [0.3, 0.4) is 0 Å². The third kappa shape index (κ3) is 6.32. The fourth-order valence-corrected chi connectivity index (χ4v) is 6.70. The van der Waals surface area contributed by atoms with E-state index in [0.29, 0.717) is 41.2 Å². The van der Waals surface area contributed by atoms with Gasteiger partial charge in [-0.15, -0.1) is 11.3 Å². The number of hydrogen-bond donors (Lipinski definition) is 1. The number of carbonyl (C=O) groups is 3. The molecular weight excluding hydrogens is 599 g/mol. The topological polar surface area (TPSA) is 103 Å². The fraction of sp³-hybridized carbons (Fsp3) is 0.333. The summed E-state index contributed by atoms with van der Waals surface area (Å²) in [6.07, 6.45) is 4.80. The summed E-state index contributed by atoms with van der Waals surface area (Å²) in [7, 11) is 4.87. The molecule has 2 amide bonds. The van der Waals surface area contributed by atoms with Crippen molar-refractivity contribution in [1.82, 2.24) is 14.5 Å². The van der Waals surface area contributed by atoms with Crippen LogP contribution < -0.4 is 5.32 Å². The number of para-hydroxylation sites is 1.